The van der Waals surface area contributed by atoms with Crippen LogP contribution in [0.5, 0.6) is 0 Å². The maximum absolute atomic E-state index is 10.9. The lowest BCUT2D eigenvalue weighted by Crippen LogP contribution is -2.25. The first-order chi connectivity index (χ1) is 8.75. The van der Waals surface area contributed by atoms with Crippen LogP contribution in [0.1, 0.15) is 18.0 Å². The summed E-state index contributed by atoms with van der Waals surface area (Å²) in [6.07, 6.45) is 2.13. The van der Waals surface area contributed by atoms with Gasteiger partial charge in [-0.3, -0.25) is 10.2 Å². The van der Waals surface area contributed by atoms with Crippen LogP contribution in [0.2, 0.25) is 0 Å². The average molecular weight is 245 g/mol. The Kier molecular flexibility index (Phi) is 2.77. The normalized spacial score (nSPS) is 23.6. The van der Waals surface area contributed by atoms with Gasteiger partial charge >= 0.3 is 5.97 Å². The molecule has 5 heteroatoms. The van der Waals surface area contributed by atoms with E-state index in [1.54, 1.807) is 0 Å². The number of aliphatic carboxylic acids is 1. The molecular weight excluding hydrogens is 230 g/mol. The van der Waals surface area contributed by atoms with Crippen molar-refractivity contribution in [2.75, 3.05) is 6.54 Å². The predicted molar refractivity (Wildman–Crippen MR) is 67.9 cm³/mol. The van der Waals surface area contributed by atoms with Gasteiger partial charge in [-0.25, -0.2) is 5.43 Å². The molecule has 2 unspecified atom stereocenters. The number of hydrogen-bond acceptors (Lipinski definition) is 3. The summed E-state index contributed by atoms with van der Waals surface area (Å²) < 4.78 is 0. The number of nitrogens with one attached hydrogen (secondary N) is 3. The fraction of sp³-hybridized carbons (Fsp3) is 0.308. The molecular formula is C13H15N3O2. The zero-order valence-corrected chi connectivity index (χ0v) is 9.81. The molecule has 1 fully saturated rings. The zero-order chi connectivity index (χ0) is 12.5. The Balaban J connectivity index is 1.96. The second-order valence-corrected chi connectivity index (χ2v) is 4.65. The number of H-pyrrole nitrogens is 1. The summed E-state index contributed by atoms with van der Waals surface area (Å²) in [7, 11) is 0. The van der Waals surface area contributed by atoms with Crippen LogP contribution in [0.25, 0.3) is 10.9 Å². The van der Waals surface area contributed by atoms with E-state index in [0.29, 0.717) is 6.54 Å². The van der Waals surface area contributed by atoms with Crippen LogP contribution >= 0.6 is 0 Å². The van der Waals surface area contributed by atoms with E-state index in [-0.39, 0.29) is 18.4 Å². The Labute approximate surface area is 104 Å². The van der Waals surface area contributed by atoms with Crippen molar-refractivity contribution in [1.82, 2.24) is 15.8 Å². The van der Waals surface area contributed by atoms with Crippen molar-refractivity contribution in [1.29, 1.82) is 0 Å². The summed E-state index contributed by atoms with van der Waals surface area (Å²) in [6, 6.07) is 8.09. The van der Waals surface area contributed by atoms with Gasteiger partial charge < -0.3 is 10.1 Å². The van der Waals surface area contributed by atoms with Crippen LogP contribution in [0.15, 0.2) is 30.5 Å². The van der Waals surface area contributed by atoms with Gasteiger partial charge in [-0.1, -0.05) is 18.2 Å². The van der Waals surface area contributed by atoms with Gasteiger partial charge in [-0.15, -0.1) is 0 Å². The van der Waals surface area contributed by atoms with E-state index in [2.05, 4.69) is 21.9 Å². The fourth-order valence-corrected chi connectivity index (χ4v) is 2.63. The fourth-order valence-electron chi connectivity index (χ4n) is 2.63. The maximum atomic E-state index is 10.9. The largest absolute Gasteiger partial charge is 0.481 e. The van der Waals surface area contributed by atoms with Crippen molar-refractivity contribution in [2.24, 2.45) is 5.92 Å². The third kappa shape index (κ3) is 1.87. The number of rotatable bonds is 3. The predicted octanol–water partition coefficient (Wildman–Crippen LogP) is 1.41. The van der Waals surface area contributed by atoms with Gasteiger partial charge in [-0.05, 0) is 11.6 Å². The SMILES string of the molecule is O=C(O)CC1CNNC1c1c[nH]c2ccccc12. The molecule has 1 aromatic carbocycles. The highest BCUT2D eigenvalue weighted by atomic mass is 16.4. The van der Waals surface area contributed by atoms with Gasteiger partial charge in [0, 0.05) is 29.6 Å². The highest BCUT2D eigenvalue weighted by Crippen LogP contribution is 2.32. The van der Waals surface area contributed by atoms with Crippen LogP contribution in [-0.2, 0) is 4.79 Å². The van der Waals surface area contributed by atoms with Crippen molar-refractivity contribution in [3.8, 4) is 0 Å². The molecule has 0 radical (unpaired) electrons. The third-order valence-electron chi connectivity index (χ3n) is 3.49. The first-order valence-electron chi connectivity index (χ1n) is 6.02. The molecule has 3 rings (SSSR count). The van der Waals surface area contributed by atoms with Crippen molar-refractivity contribution >= 4 is 16.9 Å². The summed E-state index contributed by atoms with van der Waals surface area (Å²) >= 11 is 0. The molecule has 1 saturated heterocycles. The van der Waals surface area contributed by atoms with Crippen molar-refractivity contribution < 1.29 is 9.90 Å². The second kappa shape index (κ2) is 4.44. The molecule has 1 aromatic heterocycles. The second-order valence-electron chi connectivity index (χ2n) is 4.65. The summed E-state index contributed by atoms with van der Waals surface area (Å²) in [5.74, 6) is -0.683. The molecule has 0 amide bonds. The van der Waals surface area contributed by atoms with Gasteiger partial charge in [-0.2, -0.15) is 0 Å². The third-order valence-corrected chi connectivity index (χ3v) is 3.49. The Morgan fingerprint density at radius 2 is 2.22 bits per heavy atom. The molecule has 2 atom stereocenters. The number of carbonyl (C=O) groups is 1. The number of carboxylic acid groups (broad SMARTS) is 1. The molecule has 0 spiro atoms. The number of fused-ring (bicyclic) bond motifs is 1. The van der Waals surface area contributed by atoms with Crippen LogP contribution in [0.4, 0.5) is 0 Å². The number of aromatic nitrogens is 1. The molecule has 1 aliphatic heterocycles. The number of hydrogen-bond donors (Lipinski definition) is 4. The minimum absolute atomic E-state index is 0.0391. The number of aromatic amines is 1. The van der Waals surface area contributed by atoms with E-state index in [0.717, 1.165) is 16.5 Å². The van der Waals surface area contributed by atoms with E-state index in [1.165, 1.54) is 0 Å². The molecule has 0 saturated carbocycles. The molecule has 5 nitrogen and oxygen atoms in total. The topological polar surface area (TPSA) is 77.2 Å². The minimum Gasteiger partial charge on any atom is -0.481 e. The molecule has 1 aliphatic rings. The Bertz CT molecular complexity index is 578. The van der Waals surface area contributed by atoms with E-state index in [4.69, 9.17) is 5.11 Å². The molecule has 18 heavy (non-hydrogen) atoms. The summed E-state index contributed by atoms with van der Waals surface area (Å²) in [5, 5.41) is 10.1. The van der Waals surface area contributed by atoms with E-state index >= 15 is 0 Å². The monoisotopic (exact) mass is 245 g/mol. The van der Waals surface area contributed by atoms with Crippen LogP contribution < -0.4 is 10.9 Å². The standard InChI is InChI=1S/C13H15N3O2/c17-12(18)5-8-6-15-16-13(8)10-7-14-11-4-2-1-3-9(10)11/h1-4,7-8,13-16H,5-6H2,(H,17,18). The van der Waals surface area contributed by atoms with E-state index < -0.39 is 5.97 Å². The smallest absolute Gasteiger partial charge is 0.303 e. The Hall–Kier alpha value is -1.85. The summed E-state index contributed by atoms with van der Waals surface area (Å²) in [4.78, 5) is 14.1. The van der Waals surface area contributed by atoms with Gasteiger partial charge in [0.25, 0.3) is 0 Å². The lowest BCUT2D eigenvalue weighted by Gasteiger charge is -2.16. The van der Waals surface area contributed by atoms with Crippen molar-refractivity contribution in [2.45, 2.75) is 12.5 Å². The Morgan fingerprint density at radius 1 is 1.39 bits per heavy atom. The average Bonchev–Trinajstić information content (AvgIpc) is 2.94. The van der Waals surface area contributed by atoms with Gasteiger partial charge in [0.05, 0.1) is 12.5 Å². The molecule has 0 aliphatic carbocycles. The highest BCUT2D eigenvalue weighted by molar-refractivity contribution is 5.83. The summed E-state index contributed by atoms with van der Waals surface area (Å²) in [5.41, 5.74) is 8.43. The molecule has 0 bridgehead atoms. The first-order valence-corrected chi connectivity index (χ1v) is 6.02. The number of para-hydroxylation sites is 1. The number of carboxylic acids is 1. The number of benzene rings is 1. The lowest BCUT2D eigenvalue weighted by molar-refractivity contribution is -0.138. The Morgan fingerprint density at radius 3 is 3.06 bits per heavy atom. The molecule has 94 valence electrons. The minimum atomic E-state index is -0.754. The van der Waals surface area contributed by atoms with Crippen LogP contribution in [0, 0.1) is 5.92 Å². The van der Waals surface area contributed by atoms with Gasteiger partial charge in [0.15, 0.2) is 0 Å². The van der Waals surface area contributed by atoms with Crippen LogP contribution in [-0.4, -0.2) is 22.6 Å². The van der Waals surface area contributed by atoms with E-state index in [1.807, 2.05) is 24.4 Å². The molecule has 2 heterocycles. The van der Waals surface area contributed by atoms with E-state index in [9.17, 15) is 4.79 Å². The van der Waals surface area contributed by atoms with Crippen molar-refractivity contribution in [3.05, 3.63) is 36.0 Å². The molecule has 4 N–H and O–H groups in total. The molecule has 2 aromatic rings. The van der Waals surface area contributed by atoms with Crippen LogP contribution in [0.3, 0.4) is 0 Å². The zero-order valence-electron chi connectivity index (χ0n) is 9.81. The first kappa shape index (κ1) is 11.3. The maximum Gasteiger partial charge on any atom is 0.303 e. The summed E-state index contributed by atoms with van der Waals surface area (Å²) in [6.45, 7) is 0.677. The van der Waals surface area contributed by atoms with Crippen molar-refractivity contribution in [3.63, 3.8) is 0 Å². The quantitative estimate of drug-likeness (QED) is 0.659. The lowest BCUT2D eigenvalue weighted by atomic mass is 9.92. The van der Waals surface area contributed by atoms with Gasteiger partial charge in [0.2, 0.25) is 0 Å². The highest BCUT2D eigenvalue weighted by Gasteiger charge is 2.31. The number of hydrazine groups is 1. The van der Waals surface area contributed by atoms with Gasteiger partial charge in [0.1, 0.15) is 0 Å².